The van der Waals surface area contributed by atoms with Gasteiger partial charge in [0.15, 0.2) is 0 Å². The summed E-state index contributed by atoms with van der Waals surface area (Å²) in [5.41, 5.74) is 3.03. The number of rotatable bonds is 7. The van der Waals surface area contributed by atoms with Crippen LogP contribution in [0.15, 0.2) is 35.3 Å². The molecule has 134 valence electrons. The first-order chi connectivity index (χ1) is 11.9. The van der Waals surface area contributed by atoms with Gasteiger partial charge in [0.1, 0.15) is 11.5 Å². The van der Waals surface area contributed by atoms with Crippen molar-refractivity contribution in [2.45, 2.75) is 34.1 Å². The summed E-state index contributed by atoms with van der Waals surface area (Å²) >= 11 is 12.0. The lowest BCUT2D eigenvalue weighted by atomic mass is 10.1. The number of ether oxygens (including phenoxy) is 1. The minimum atomic E-state index is 0.477. The van der Waals surface area contributed by atoms with Gasteiger partial charge >= 0.3 is 0 Å². The lowest BCUT2D eigenvalue weighted by Crippen LogP contribution is -2.21. The maximum Gasteiger partial charge on any atom is 0.130 e. The lowest BCUT2D eigenvalue weighted by molar-refractivity contribution is 0.452. The van der Waals surface area contributed by atoms with E-state index >= 15 is 0 Å². The standard InChI is InChI=1S/C20H24Cl2N2O/c1-5-9-24(6-2)13-23-19-10-15(4)20(11-14(19)3)25-16-7-8-17(21)18(22)12-16/h7-8,10-13H,5-6,9H2,1-4H3/b23-13+. The van der Waals surface area contributed by atoms with Gasteiger partial charge in [0.05, 0.1) is 22.1 Å². The number of aliphatic imine (C=N–C) groups is 1. The molecule has 3 nitrogen and oxygen atoms in total. The Morgan fingerprint density at radius 2 is 1.80 bits per heavy atom. The van der Waals surface area contributed by atoms with Crippen LogP contribution in [-0.4, -0.2) is 24.3 Å². The molecule has 25 heavy (non-hydrogen) atoms. The second-order valence-corrected chi connectivity index (χ2v) is 6.77. The van der Waals surface area contributed by atoms with Crippen molar-refractivity contribution in [3.8, 4) is 11.5 Å². The molecular weight excluding hydrogens is 355 g/mol. The highest BCUT2D eigenvalue weighted by Gasteiger charge is 2.08. The summed E-state index contributed by atoms with van der Waals surface area (Å²) in [7, 11) is 0. The van der Waals surface area contributed by atoms with Crippen LogP contribution in [-0.2, 0) is 0 Å². The first kappa shape index (κ1) is 19.6. The van der Waals surface area contributed by atoms with Gasteiger partial charge in [0.25, 0.3) is 0 Å². The molecule has 0 aliphatic heterocycles. The summed E-state index contributed by atoms with van der Waals surface area (Å²) in [5, 5.41) is 0.990. The van der Waals surface area contributed by atoms with Crippen LogP contribution in [0.2, 0.25) is 10.0 Å². The summed E-state index contributed by atoms with van der Waals surface area (Å²) in [4.78, 5) is 6.84. The van der Waals surface area contributed by atoms with Crippen molar-refractivity contribution < 1.29 is 4.74 Å². The molecule has 0 aliphatic carbocycles. The van der Waals surface area contributed by atoms with E-state index in [1.807, 2.05) is 32.3 Å². The predicted octanol–water partition coefficient (Wildman–Crippen LogP) is 6.79. The van der Waals surface area contributed by atoms with Gasteiger partial charge in [-0.1, -0.05) is 30.1 Å². The van der Waals surface area contributed by atoms with Crippen molar-refractivity contribution in [2.75, 3.05) is 13.1 Å². The van der Waals surface area contributed by atoms with Gasteiger partial charge in [-0.2, -0.15) is 0 Å². The minimum absolute atomic E-state index is 0.477. The Labute approximate surface area is 160 Å². The van der Waals surface area contributed by atoms with Crippen LogP contribution in [0.25, 0.3) is 0 Å². The van der Waals surface area contributed by atoms with Crippen LogP contribution in [0.5, 0.6) is 11.5 Å². The molecule has 0 unspecified atom stereocenters. The molecule has 0 saturated carbocycles. The Hall–Kier alpha value is -1.71. The van der Waals surface area contributed by atoms with Crippen LogP contribution in [0.3, 0.4) is 0 Å². The van der Waals surface area contributed by atoms with Gasteiger partial charge in [-0.15, -0.1) is 0 Å². The van der Waals surface area contributed by atoms with Gasteiger partial charge in [-0.25, -0.2) is 4.99 Å². The fourth-order valence-electron chi connectivity index (χ4n) is 2.42. The molecule has 0 amide bonds. The molecule has 0 spiro atoms. The Bertz CT molecular complexity index is 760. The maximum absolute atomic E-state index is 6.05. The third kappa shape index (κ3) is 5.38. The normalized spacial score (nSPS) is 11.1. The molecule has 2 aromatic carbocycles. The van der Waals surface area contributed by atoms with Gasteiger partial charge in [0.2, 0.25) is 0 Å². The zero-order chi connectivity index (χ0) is 18.4. The van der Waals surface area contributed by atoms with E-state index in [1.165, 1.54) is 0 Å². The van der Waals surface area contributed by atoms with Crippen LogP contribution in [0.1, 0.15) is 31.4 Å². The van der Waals surface area contributed by atoms with Crippen LogP contribution >= 0.6 is 23.2 Å². The van der Waals surface area contributed by atoms with E-state index in [0.717, 1.165) is 42.1 Å². The van der Waals surface area contributed by atoms with Crippen molar-refractivity contribution >= 4 is 35.2 Å². The van der Waals surface area contributed by atoms with E-state index < -0.39 is 0 Å². The molecule has 2 rings (SSSR count). The highest BCUT2D eigenvalue weighted by atomic mass is 35.5. The molecule has 0 heterocycles. The second-order valence-electron chi connectivity index (χ2n) is 5.96. The van der Waals surface area contributed by atoms with E-state index in [0.29, 0.717) is 15.8 Å². The number of aryl methyl sites for hydroxylation is 2. The fourth-order valence-corrected chi connectivity index (χ4v) is 2.71. The van der Waals surface area contributed by atoms with Gasteiger partial charge < -0.3 is 9.64 Å². The highest BCUT2D eigenvalue weighted by molar-refractivity contribution is 6.42. The molecule has 0 bridgehead atoms. The summed E-state index contributed by atoms with van der Waals surface area (Å²) < 4.78 is 5.96. The summed E-state index contributed by atoms with van der Waals surface area (Å²) in [6.45, 7) is 10.3. The monoisotopic (exact) mass is 378 g/mol. The van der Waals surface area contributed by atoms with Crippen molar-refractivity contribution in [3.05, 3.63) is 51.5 Å². The van der Waals surface area contributed by atoms with Crippen molar-refractivity contribution in [1.29, 1.82) is 0 Å². The third-order valence-electron chi connectivity index (χ3n) is 3.89. The van der Waals surface area contributed by atoms with Crippen molar-refractivity contribution in [1.82, 2.24) is 4.90 Å². The summed E-state index contributed by atoms with van der Waals surface area (Å²) in [5.74, 6) is 1.45. The van der Waals surface area contributed by atoms with Crippen LogP contribution in [0.4, 0.5) is 5.69 Å². The number of hydrogen-bond acceptors (Lipinski definition) is 2. The lowest BCUT2D eigenvalue weighted by Gasteiger charge is -2.16. The SMILES string of the molecule is CCCN(/C=N/c1cc(C)c(Oc2ccc(Cl)c(Cl)c2)cc1C)CC. The molecule has 0 radical (unpaired) electrons. The molecule has 2 aromatic rings. The first-order valence-corrected chi connectivity index (χ1v) is 9.22. The molecule has 5 heteroatoms. The zero-order valence-corrected chi connectivity index (χ0v) is 16.7. The molecule has 0 aromatic heterocycles. The topological polar surface area (TPSA) is 24.8 Å². The Morgan fingerprint density at radius 3 is 2.44 bits per heavy atom. The average molecular weight is 379 g/mol. The van der Waals surface area contributed by atoms with Crippen LogP contribution in [0, 0.1) is 13.8 Å². The number of halogens is 2. The predicted molar refractivity (Wildman–Crippen MR) is 108 cm³/mol. The van der Waals surface area contributed by atoms with E-state index in [1.54, 1.807) is 18.2 Å². The van der Waals surface area contributed by atoms with Crippen LogP contribution < -0.4 is 4.74 Å². The van der Waals surface area contributed by atoms with Gasteiger partial charge in [-0.3, -0.25) is 0 Å². The number of benzene rings is 2. The maximum atomic E-state index is 6.05. The molecule has 0 N–H and O–H groups in total. The zero-order valence-electron chi connectivity index (χ0n) is 15.1. The Morgan fingerprint density at radius 1 is 1.04 bits per heavy atom. The molecule has 0 aliphatic rings. The van der Waals surface area contributed by atoms with Gasteiger partial charge in [0, 0.05) is 19.2 Å². The average Bonchev–Trinajstić information content (AvgIpc) is 2.58. The highest BCUT2D eigenvalue weighted by Crippen LogP contribution is 2.33. The van der Waals surface area contributed by atoms with Crippen molar-refractivity contribution in [3.63, 3.8) is 0 Å². The van der Waals surface area contributed by atoms with E-state index in [-0.39, 0.29) is 0 Å². The fraction of sp³-hybridized carbons (Fsp3) is 0.350. The minimum Gasteiger partial charge on any atom is -0.457 e. The summed E-state index contributed by atoms with van der Waals surface area (Å²) in [6.07, 6.45) is 3.03. The van der Waals surface area contributed by atoms with Gasteiger partial charge in [-0.05, 0) is 62.6 Å². The molecule has 0 atom stereocenters. The largest absolute Gasteiger partial charge is 0.457 e. The molecule has 0 fully saturated rings. The molecular formula is C20H24Cl2N2O. The third-order valence-corrected chi connectivity index (χ3v) is 4.63. The molecule has 0 saturated heterocycles. The number of hydrogen-bond donors (Lipinski definition) is 0. The van der Waals surface area contributed by atoms with E-state index in [4.69, 9.17) is 27.9 Å². The van der Waals surface area contributed by atoms with Crippen molar-refractivity contribution in [2.24, 2.45) is 4.99 Å². The Balaban J connectivity index is 2.21. The Kier molecular flexibility index (Phi) is 7.15. The number of nitrogens with zero attached hydrogens (tertiary/aromatic N) is 2. The second kappa shape index (κ2) is 9.12. The van der Waals surface area contributed by atoms with E-state index in [2.05, 4.69) is 23.7 Å². The quantitative estimate of drug-likeness (QED) is 0.391. The van der Waals surface area contributed by atoms with E-state index in [9.17, 15) is 0 Å². The summed E-state index contributed by atoms with van der Waals surface area (Å²) in [6, 6.07) is 9.29. The smallest absolute Gasteiger partial charge is 0.130 e. The first-order valence-electron chi connectivity index (χ1n) is 8.47.